The normalized spacial score (nSPS) is 22.8. The Hall–Kier alpha value is -2.63. The van der Waals surface area contributed by atoms with Crippen molar-refractivity contribution in [3.63, 3.8) is 0 Å². The van der Waals surface area contributed by atoms with E-state index in [1.54, 1.807) is 7.11 Å². The lowest BCUT2D eigenvalue weighted by Gasteiger charge is -2.30. The van der Waals surface area contributed by atoms with E-state index in [0.29, 0.717) is 5.92 Å². The molecule has 6 nitrogen and oxygen atoms in total. The SMILES string of the molecule is COc1ccc(C2(C(=O)NC3CCN(c4nccc(C5CC5)n4)C3)CCCC2)cc1. The number of rotatable bonds is 6. The summed E-state index contributed by atoms with van der Waals surface area (Å²) in [5.41, 5.74) is 1.85. The molecule has 0 radical (unpaired) electrons. The van der Waals surface area contributed by atoms with Crippen molar-refractivity contribution in [3.8, 4) is 5.75 Å². The molecule has 1 aromatic heterocycles. The lowest BCUT2D eigenvalue weighted by molar-refractivity contribution is -0.127. The Morgan fingerprint density at radius 3 is 2.60 bits per heavy atom. The van der Waals surface area contributed by atoms with E-state index < -0.39 is 5.41 Å². The topological polar surface area (TPSA) is 67.3 Å². The number of benzene rings is 1. The number of hydrogen-bond acceptors (Lipinski definition) is 5. The number of methoxy groups -OCH3 is 1. The van der Waals surface area contributed by atoms with E-state index in [1.165, 1.54) is 12.8 Å². The monoisotopic (exact) mass is 406 g/mol. The third kappa shape index (κ3) is 3.64. The minimum atomic E-state index is -0.415. The van der Waals surface area contributed by atoms with Crippen LogP contribution < -0.4 is 15.0 Å². The van der Waals surface area contributed by atoms with E-state index in [0.717, 1.165) is 68.1 Å². The van der Waals surface area contributed by atoms with Gasteiger partial charge in [0.15, 0.2) is 0 Å². The Kier molecular flexibility index (Phi) is 5.09. The van der Waals surface area contributed by atoms with Crippen LogP contribution >= 0.6 is 0 Å². The second-order valence-electron chi connectivity index (χ2n) is 8.98. The quantitative estimate of drug-likeness (QED) is 0.794. The first-order valence-electron chi connectivity index (χ1n) is 11.2. The second kappa shape index (κ2) is 7.89. The molecule has 1 atom stereocenters. The van der Waals surface area contributed by atoms with Crippen LogP contribution in [0.5, 0.6) is 5.75 Å². The van der Waals surface area contributed by atoms with Crippen molar-refractivity contribution in [2.24, 2.45) is 0 Å². The van der Waals surface area contributed by atoms with Gasteiger partial charge in [0.2, 0.25) is 11.9 Å². The van der Waals surface area contributed by atoms with Crippen molar-refractivity contribution < 1.29 is 9.53 Å². The molecular weight excluding hydrogens is 376 g/mol. The molecule has 2 aliphatic carbocycles. The van der Waals surface area contributed by atoms with Gasteiger partial charge in [0, 0.05) is 36.9 Å². The van der Waals surface area contributed by atoms with Crippen LogP contribution in [-0.2, 0) is 10.2 Å². The Labute approximate surface area is 178 Å². The molecule has 3 fully saturated rings. The van der Waals surface area contributed by atoms with Gasteiger partial charge in [0.1, 0.15) is 5.75 Å². The predicted molar refractivity (Wildman–Crippen MR) is 116 cm³/mol. The fraction of sp³-hybridized carbons (Fsp3) is 0.542. The average Bonchev–Trinajstić information content (AvgIpc) is 3.33. The number of nitrogens with one attached hydrogen (secondary N) is 1. The number of nitrogens with zero attached hydrogens (tertiary/aromatic N) is 3. The summed E-state index contributed by atoms with van der Waals surface area (Å²) in [6.07, 6.45) is 9.30. The van der Waals surface area contributed by atoms with Crippen LogP contribution in [-0.4, -0.2) is 42.1 Å². The minimum Gasteiger partial charge on any atom is -0.497 e. The van der Waals surface area contributed by atoms with Crippen molar-refractivity contribution >= 4 is 11.9 Å². The van der Waals surface area contributed by atoms with Crippen LogP contribution in [0.25, 0.3) is 0 Å². The highest BCUT2D eigenvalue weighted by Crippen LogP contribution is 2.42. The smallest absolute Gasteiger partial charge is 0.230 e. The summed E-state index contributed by atoms with van der Waals surface area (Å²) in [6, 6.07) is 10.2. The maximum atomic E-state index is 13.5. The van der Waals surface area contributed by atoms with Crippen LogP contribution in [0.1, 0.15) is 62.1 Å². The summed E-state index contributed by atoms with van der Waals surface area (Å²) in [5, 5.41) is 3.37. The van der Waals surface area contributed by atoms with Gasteiger partial charge in [0.05, 0.1) is 12.5 Å². The highest BCUT2D eigenvalue weighted by atomic mass is 16.5. The van der Waals surface area contributed by atoms with E-state index in [2.05, 4.69) is 27.3 Å². The van der Waals surface area contributed by atoms with Crippen LogP contribution in [0.2, 0.25) is 0 Å². The van der Waals surface area contributed by atoms with Crippen molar-refractivity contribution in [1.29, 1.82) is 0 Å². The number of carbonyl (C=O) groups is 1. The van der Waals surface area contributed by atoms with Crippen molar-refractivity contribution in [3.05, 3.63) is 47.8 Å². The fourth-order valence-corrected chi connectivity index (χ4v) is 5.04. The first-order valence-corrected chi connectivity index (χ1v) is 11.2. The maximum Gasteiger partial charge on any atom is 0.230 e. The molecule has 1 amide bonds. The number of ether oxygens (including phenoxy) is 1. The van der Waals surface area contributed by atoms with Gasteiger partial charge < -0.3 is 15.0 Å². The van der Waals surface area contributed by atoms with Gasteiger partial charge in [-0.3, -0.25) is 4.79 Å². The summed E-state index contributed by atoms with van der Waals surface area (Å²) >= 11 is 0. The van der Waals surface area contributed by atoms with E-state index >= 15 is 0 Å². The molecule has 6 heteroatoms. The van der Waals surface area contributed by atoms with Crippen molar-refractivity contribution in [1.82, 2.24) is 15.3 Å². The third-order valence-corrected chi connectivity index (χ3v) is 7.00. The zero-order chi connectivity index (χ0) is 20.6. The van der Waals surface area contributed by atoms with E-state index in [1.807, 2.05) is 24.4 Å². The summed E-state index contributed by atoms with van der Waals surface area (Å²) in [4.78, 5) is 25.0. The molecule has 5 rings (SSSR count). The molecule has 3 aliphatic rings. The molecule has 158 valence electrons. The standard InChI is InChI=1S/C24H30N4O2/c1-30-20-8-6-18(7-9-20)24(12-2-3-13-24)22(29)26-19-11-15-28(16-19)23-25-14-10-21(27-23)17-4-5-17/h6-10,14,17,19H,2-5,11-13,15-16H2,1H3,(H,26,29). The first-order chi connectivity index (χ1) is 14.7. The van der Waals surface area contributed by atoms with Crippen LogP contribution in [0.3, 0.4) is 0 Å². The molecule has 2 heterocycles. The Morgan fingerprint density at radius 1 is 1.13 bits per heavy atom. The van der Waals surface area contributed by atoms with E-state index in [-0.39, 0.29) is 11.9 Å². The Bertz CT molecular complexity index is 904. The second-order valence-corrected chi connectivity index (χ2v) is 8.98. The molecule has 1 N–H and O–H groups in total. The van der Waals surface area contributed by atoms with Crippen LogP contribution in [0.4, 0.5) is 5.95 Å². The molecule has 2 saturated carbocycles. The van der Waals surface area contributed by atoms with Gasteiger partial charge in [0.25, 0.3) is 0 Å². The summed E-state index contributed by atoms with van der Waals surface area (Å²) < 4.78 is 5.30. The number of amides is 1. The van der Waals surface area contributed by atoms with Gasteiger partial charge in [-0.1, -0.05) is 25.0 Å². The lowest BCUT2D eigenvalue weighted by Crippen LogP contribution is -2.47. The summed E-state index contributed by atoms with van der Waals surface area (Å²) in [7, 11) is 1.67. The molecular formula is C24H30N4O2. The number of aromatic nitrogens is 2. The van der Waals surface area contributed by atoms with E-state index in [9.17, 15) is 4.79 Å². The zero-order valence-electron chi connectivity index (χ0n) is 17.6. The largest absolute Gasteiger partial charge is 0.497 e. The molecule has 0 bridgehead atoms. The Morgan fingerprint density at radius 2 is 1.90 bits per heavy atom. The molecule has 2 aromatic rings. The molecule has 1 saturated heterocycles. The van der Waals surface area contributed by atoms with Crippen molar-refractivity contribution in [2.75, 3.05) is 25.1 Å². The molecule has 1 aromatic carbocycles. The van der Waals surface area contributed by atoms with E-state index in [4.69, 9.17) is 9.72 Å². The third-order valence-electron chi connectivity index (χ3n) is 7.00. The number of anilines is 1. The first kappa shape index (κ1) is 19.3. The van der Waals surface area contributed by atoms with Gasteiger partial charge in [-0.05, 0) is 55.9 Å². The maximum absolute atomic E-state index is 13.5. The predicted octanol–water partition coefficient (Wildman–Crippen LogP) is 3.57. The van der Waals surface area contributed by atoms with Gasteiger partial charge >= 0.3 is 0 Å². The van der Waals surface area contributed by atoms with Gasteiger partial charge in [-0.2, -0.15) is 0 Å². The van der Waals surface area contributed by atoms with Gasteiger partial charge in [-0.25, -0.2) is 9.97 Å². The van der Waals surface area contributed by atoms with Crippen LogP contribution in [0, 0.1) is 0 Å². The molecule has 1 unspecified atom stereocenters. The average molecular weight is 407 g/mol. The van der Waals surface area contributed by atoms with Gasteiger partial charge in [-0.15, -0.1) is 0 Å². The number of carbonyl (C=O) groups excluding carboxylic acids is 1. The molecule has 30 heavy (non-hydrogen) atoms. The lowest BCUT2D eigenvalue weighted by atomic mass is 9.77. The zero-order valence-corrected chi connectivity index (χ0v) is 17.6. The van der Waals surface area contributed by atoms with Crippen molar-refractivity contribution in [2.45, 2.75) is 62.3 Å². The minimum absolute atomic E-state index is 0.140. The van der Waals surface area contributed by atoms with Crippen LogP contribution in [0.15, 0.2) is 36.5 Å². The fourth-order valence-electron chi connectivity index (χ4n) is 5.04. The summed E-state index contributed by atoms with van der Waals surface area (Å²) in [5.74, 6) is 2.43. The number of hydrogen-bond donors (Lipinski definition) is 1. The molecule has 1 aliphatic heterocycles. The highest BCUT2D eigenvalue weighted by Gasteiger charge is 2.43. The summed E-state index contributed by atoms with van der Waals surface area (Å²) in [6.45, 7) is 1.66. The highest BCUT2D eigenvalue weighted by molar-refractivity contribution is 5.89. The molecule has 0 spiro atoms. The Balaban J connectivity index is 1.27.